The molecule has 0 radical (unpaired) electrons. The minimum absolute atomic E-state index is 0.739. The number of hydrogen-bond donors (Lipinski definition) is 1. The van der Waals surface area contributed by atoms with Gasteiger partial charge in [-0.25, -0.2) is 0 Å². The van der Waals surface area contributed by atoms with E-state index in [1.165, 1.54) is 51.7 Å². The molecule has 1 aliphatic carbocycles. The maximum absolute atomic E-state index is 3.62. The lowest BCUT2D eigenvalue weighted by Gasteiger charge is -2.42. The lowest BCUT2D eigenvalue weighted by Crippen LogP contribution is -2.54. The molecule has 1 aliphatic heterocycles. The van der Waals surface area contributed by atoms with Gasteiger partial charge in [0.25, 0.3) is 0 Å². The van der Waals surface area contributed by atoms with Crippen molar-refractivity contribution in [1.82, 2.24) is 10.2 Å². The number of nitrogens with one attached hydrogen (secondary N) is 1. The quantitative estimate of drug-likeness (QED) is 0.818. The van der Waals surface area contributed by atoms with Crippen LogP contribution in [0.4, 0.5) is 0 Å². The van der Waals surface area contributed by atoms with Crippen molar-refractivity contribution in [3.8, 4) is 0 Å². The highest BCUT2D eigenvalue weighted by Gasteiger charge is 2.29. The van der Waals surface area contributed by atoms with E-state index in [4.69, 9.17) is 0 Å². The van der Waals surface area contributed by atoms with Crippen LogP contribution < -0.4 is 5.32 Å². The molecular weight excluding hydrogens is 216 g/mol. The van der Waals surface area contributed by atoms with E-state index in [1.807, 2.05) is 0 Å². The zero-order valence-corrected chi connectivity index (χ0v) is 11.6. The predicted octanol–water partition coefficient (Wildman–Crippen LogP) is 2.34. The molecule has 0 aromatic rings. The summed E-state index contributed by atoms with van der Waals surface area (Å²) >= 11 is 2.08. The summed E-state index contributed by atoms with van der Waals surface area (Å²) in [7, 11) is 0. The summed E-state index contributed by atoms with van der Waals surface area (Å²) in [6.45, 7) is 6.04. The summed E-state index contributed by atoms with van der Waals surface area (Å²) in [5.41, 5.74) is 0. The highest BCUT2D eigenvalue weighted by Crippen LogP contribution is 2.30. The molecule has 0 aromatic carbocycles. The Bertz CT molecular complexity index is 188. The van der Waals surface area contributed by atoms with Crippen LogP contribution in [0.5, 0.6) is 0 Å². The molecule has 2 rings (SSSR count). The monoisotopic (exact) mass is 242 g/mol. The molecule has 1 N–H and O–H groups in total. The number of thioether (sulfide) groups is 1. The second-order valence-electron chi connectivity index (χ2n) is 5.23. The standard InChI is InChI=1S/C13H26N2S/c1-3-11-10-15(8-7-14-11)12-5-4-6-13(9-12)16-2/h11-14H,3-10H2,1-2H3. The Hall–Kier alpha value is 0.270. The predicted molar refractivity (Wildman–Crippen MR) is 73.2 cm³/mol. The maximum Gasteiger partial charge on any atom is 0.0193 e. The largest absolute Gasteiger partial charge is 0.311 e. The van der Waals surface area contributed by atoms with E-state index in [0.29, 0.717) is 0 Å². The lowest BCUT2D eigenvalue weighted by molar-refractivity contribution is 0.116. The van der Waals surface area contributed by atoms with Crippen molar-refractivity contribution in [3.63, 3.8) is 0 Å². The van der Waals surface area contributed by atoms with E-state index >= 15 is 0 Å². The van der Waals surface area contributed by atoms with Crippen molar-refractivity contribution in [2.75, 3.05) is 25.9 Å². The van der Waals surface area contributed by atoms with Gasteiger partial charge in [0.2, 0.25) is 0 Å². The maximum atomic E-state index is 3.62. The molecule has 3 unspecified atom stereocenters. The second-order valence-corrected chi connectivity index (χ2v) is 6.37. The molecule has 16 heavy (non-hydrogen) atoms. The normalized spacial score (nSPS) is 37.5. The smallest absolute Gasteiger partial charge is 0.0193 e. The van der Waals surface area contributed by atoms with Crippen LogP contribution in [0.15, 0.2) is 0 Å². The van der Waals surface area contributed by atoms with Gasteiger partial charge in [-0.2, -0.15) is 11.8 Å². The summed E-state index contributed by atoms with van der Waals surface area (Å²) in [6.07, 6.45) is 9.30. The van der Waals surface area contributed by atoms with Crippen molar-refractivity contribution in [2.45, 2.75) is 56.4 Å². The Morgan fingerprint density at radius 3 is 3.00 bits per heavy atom. The average molecular weight is 242 g/mol. The van der Waals surface area contributed by atoms with Crippen LogP contribution in [0, 0.1) is 0 Å². The SMILES string of the molecule is CCC1CN(C2CCCC(SC)C2)CCN1. The van der Waals surface area contributed by atoms with E-state index in [2.05, 4.69) is 35.2 Å². The summed E-state index contributed by atoms with van der Waals surface area (Å²) in [5.74, 6) is 0. The van der Waals surface area contributed by atoms with Crippen molar-refractivity contribution >= 4 is 11.8 Å². The van der Waals surface area contributed by atoms with Gasteiger partial charge in [0.1, 0.15) is 0 Å². The van der Waals surface area contributed by atoms with Crippen LogP contribution >= 0.6 is 11.8 Å². The fourth-order valence-corrected chi connectivity index (χ4v) is 3.94. The van der Waals surface area contributed by atoms with E-state index in [1.54, 1.807) is 0 Å². The number of piperazine rings is 1. The van der Waals surface area contributed by atoms with Crippen LogP contribution in [0.1, 0.15) is 39.0 Å². The summed E-state index contributed by atoms with van der Waals surface area (Å²) in [6, 6.07) is 1.62. The van der Waals surface area contributed by atoms with Crippen molar-refractivity contribution in [2.24, 2.45) is 0 Å². The van der Waals surface area contributed by atoms with Gasteiger partial charge in [0.15, 0.2) is 0 Å². The molecule has 0 bridgehead atoms. The molecule has 0 spiro atoms. The zero-order chi connectivity index (χ0) is 11.4. The van der Waals surface area contributed by atoms with E-state index in [9.17, 15) is 0 Å². The highest BCUT2D eigenvalue weighted by molar-refractivity contribution is 7.99. The van der Waals surface area contributed by atoms with Gasteiger partial charge in [-0.1, -0.05) is 13.3 Å². The van der Waals surface area contributed by atoms with E-state index in [0.717, 1.165) is 17.3 Å². The van der Waals surface area contributed by atoms with Gasteiger partial charge in [0.05, 0.1) is 0 Å². The Morgan fingerprint density at radius 1 is 1.38 bits per heavy atom. The van der Waals surface area contributed by atoms with Gasteiger partial charge in [-0.05, 0) is 31.9 Å². The summed E-state index contributed by atoms with van der Waals surface area (Å²) in [5, 5.41) is 4.54. The van der Waals surface area contributed by atoms with Crippen LogP contribution in [-0.4, -0.2) is 48.1 Å². The molecule has 3 heteroatoms. The first-order chi connectivity index (χ1) is 7.83. The summed E-state index contributed by atoms with van der Waals surface area (Å²) < 4.78 is 0. The molecule has 3 atom stereocenters. The Kier molecular flexibility index (Phi) is 4.98. The molecule has 1 heterocycles. The molecule has 2 aliphatic rings. The summed E-state index contributed by atoms with van der Waals surface area (Å²) in [4.78, 5) is 2.76. The fraction of sp³-hybridized carbons (Fsp3) is 1.00. The molecule has 0 aromatic heterocycles. The van der Waals surface area contributed by atoms with Crippen molar-refractivity contribution in [1.29, 1.82) is 0 Å². The molecule has 2 fully saturated rings. The third-order valence-electron chi connectivity index (χ3n) is 4.23. The minimum atomic E-state index is 0.739. The van der Waals surface area contributed by atoms with Crippen LogP contribution in [0.25, 0.3) is 0 Å². The van der Waals surface area contributed by atoms with E-state index in [-0.39, 0.29) is 0 Å². The van der Waals surface area contributed by atoms with Crippen molar-refractivity contribution < 1.29 is 0 Å². The Labute approximate surface area is 105 Å². The van der Waals surface area contributed by atoms with Gasteiger partial charge < -0.3 is 5.32 Å². The Morgan fingerprint density at radius 2 is 2.25 bits per heavy atom. The van der Waals surface area contributed by atoms with Gasteiger partial charge in [-0.15, -0.1) is 0 Å². The molecule has 1 saturated heterocycles. The molecule has 94 valence electrons. The molecule has 2 nitrogen and oxygen atoms in total. The van der Waals surface area contributed by atoms with Gasteiger partial charge in [0, 0.05) is 37.0 Å². The van der Waals surface area contributed by atoms with Crippen LogP contribution in [0.2, 0.25) is 0 Å². The molecule has 0 amide bonds. The molecule has 1 saturated carbocycles. The minimum Gasteiger partial charge on any atom is -0.311 e. The van der Waals surface area contributed by atoms with Gasteiger partial charge in [-0.3, -0.25) is 4.90 Å². The third kappa shape index (κ3) is 3.14. The topological polar surface area (TPSA) is 15.3 Å². The zero-order valence-electron chi connectivity index (χ0n) is 10.7. The first-order valence-electron chi connectivity index (χ1n) is 6.83. The molecular formula is C13H26N2S. The van der Waals surface area contributed by atoms with Crippen molar-refractivity contribution in [3.05, 3.63) is 0 Å². The fourth-order valence-electron chi connectivity index (χ4n) is 3.12. The van der Waals surface area contributed by atoms with Crippen LogP contribution in [-0.2, 0) is 0 Å². The van der Waals surface area contributed by atoms with E-state index < -0.39 is 0 Å². The number of hydrogen-bond acceptors (Lipinski definition) is 3. The highest BCUT2D eigenvalue weighted by atomic mass is 32.2. The lowest BCUT2D eigenvalue weighted by atomic mass is 9.92. The average Bonchev–Trinajstić information content (AvgIpc) is 2.39. The number of rotatable bonds is 3. The van der Waals surface area contributed by atoms with Crippen LogP contribution in [0.3, 0.4) is 0 Å². The first-order valence-corrected chi connectivity index (χ1v) is 8.12. The first kappa shape index (κ1) is 12.7. The number of nitrogens with zero attached hydrogens (tertiary/aromatic N) is 1. The van der Waals surface area contributed by atoms with Gasteiger partial charge >= 0.3 is 0 Å². The Balaban J connectivity index is 1.85. The second kappa shape index (κ2) is 6.27. The third-order valence-corrected chi connectivity index (χ3v) is 5.32.